The number of hydrogen-bond acceptors (Lipinski definition) is 3. The molecule has 4 nitrogen and oxygen atoms in total. The first-order chi connectivity index (χ1) is 13.1. The molecular formula is C21H19ClN2O2S. The molecule has 0 aliphatic carbocycles. The summed E-state index contributed by atoms with van der Waals surface area (Å²) in [7, 11) is 1.52. The molecule has 3 aromatic rings. The largest absolute Gasteiger partial charge is 0.504 e. The first-order valence-corrected chi connectivity index (χ1v) is 9.11. The van der Waals surface area contributed by atoms with Crippen LogP contribution in [-0.2, 0) is 6.54 Å². The lowest BCUT2D eigenvalue weighted by Gasteiger charge is -2.27. The molecule has 0 radical (unpaired) electrons. The number of ether oxygens (including phenoxy) is 1. The maximum atomic E-state index is 9.84. The average Bonchev–Trinajstić information content (AvgIpc) is 2.68. The van der Waals surface area contributed by atoms with Crippen LogP contribution >= 0.6 is 23.8 Å². The van der Waals surface area contributed by atoms with Crippen LogP contribution in [0.5, 0.6) is 11.5 Å². The second kappa shape index (κ2) is 8.75. The van der Waals surface area contributed by atoms with Crippen LogP contribution in [0.3, 0.4) is 0 Å². The van der Waals surface area contributed by atoms with Crippen molar-refractivity contribution in [1.82, 2.24) is 0 Å². The lowest BCUT2D eigenvalue weighted by molar-refractivity contribution is 0.373. The van der Waals surface area contributed by atoms with Gasteiger partial charge in [-0.2, -0.15) is 0 Å². The molecule has 0 aromatic heterocycles. The van der Waals surface area contributed by atoms with E-state index >= 15 is 0 Å². The van der Waals surface area contributed by atoms with Gasteiger partial charge in [0.2, 0.25) is 0 Å². The smallest absolute Gasteiger partial charge is 0.178 e. The number of para-hydroxylation sites is 2. The van der Waals surface area contributed by atoms with Gasteiger partial charge in [0.05, 0.1) is 24.4 Å². The van der Waals surface area contributed by atoms with Crippen LogP contribution in [0.25, 0.3) is 0 Å². The van der Waals surface area contributed by atoms with Crippen molar-refractivity contribution in [2.75, 3.05) is 17.3 Å². The number of aromatic hydroxyl groups is 1. The molecule has 0 atom stereocenters. The number of thiocarbonyl (C=S) groups is 1. The Morgan fingerprint density at radius 1 is 1.07 bits per heavy atom. The van der Waals surface area contributed by atoms with Gasteiger partial charge in [0.15, 0.2) is 16.6 Å². The topological polar surface area (TPSA) is 44.7 Å². The van der Waals surface area contributed by atoms with Gasteiger partial charge in [0, 0.05) is 5.69 Å². The van der Waals surface area contributed by atoms with Gasteiger partial charge in [-0.15, -0.1) is 0 Å². The Bertz CT molecular complexity index is 934. The molecule has 0 aliphatic rings. The predicted molar refractivity (Wildman–Crippen MR) is 115 cm³/mol. The third kappa shape index (κ3) is 4.70. The van der Waals surface area contributed by atoms with E-state index in [1.807, 2.05) is 65.6 Å². The van der Waals surface area contributed by atoms with E-state index in [9.17, 15) is 5.11 Å². The van der Waals surface area contributed by atoms with Crippen LogP contribution in [0.1, 0.15) is 5.56 Å². The van der Waals surface area contributed by atoms with Crippen LogP contribution in [0.2, 0.25) is 5.02 Å². The normalized spacial score (nSPS) is 10.3. The second-order valence-electron chi connectivity index (χ2n) is 5.84. The fourth-order valence-corrected chi connectivity index (χ4v) is 3.17. The highest BCUT2D eigenvalue weighted by Crippen LogP contribution is 2.30. The van der Waals surface area contributed by atoms with Crippen LogP contribution in [0, 0.1) is 0 Å². The summed E-state index contributed by atoms with van der Waals surface area (Å²) >= 11 is 12.1. The van der Waals surface area contributed by atoms with E-state index in [4.69, 9.17) is 28.6 Å². The van der Waals surface area contributed by atoms with Crippen molar-refractivity contribution in [1.29, 1.82) is 0 Å². The van der Waals surface area contributed by atoms with Gasteiger partial charge in [-0.3, -0.25) is 0 Å². The van der Waals surface area contributed by atoms with Crippen LogP contribution in [0.4, 0.5) is 11.4 Å². The number of methoxy groups -OCH3 is 1. The Labute approximate surface area is 169 Å². The zero-order valence-corrected chi connectivity index (χ0v) is 16.3. The van der Waals surface area contributed by atoms with Gasteiger partial charge in [0.25, 0.3) is 0 Å². The lowest BCUT2D eigenvalue weighted by atomic mass is 10.1. The Morgan fingerprint density at radius 2 is 1.78 bits per heavy atom. The first kappa shape index (κ1) is 19.0. The molecule has 6 heteroatoms. The summed E-state index contributed by atoms with van der Waals surface area (Å²) in [5.41, 5.74) is 2.60. The quantitative estimate of drug-likeness (QED) is 0.559. The Hall–Kier alpha value is -2.76. The Kier molecular flexibility index (Phi) is 6.16. The molecule has 0 amide bonds. The summed E-state index contributed by atoms with van der Waals surface area (Å²) in [5, 5.41) is 14.2. The Morgan fingerprint density at radius 3 is 2.48 bits per heavy atom. The fourth-order valence-electron chi connectivity index (χ4n) is 2.65. The molecule has 3 aromatic carbocycles. The third-order valence-corrected chi connectivity index (χ3v) is 4.64. The zero-order chi connectivity index (χ0) is 19.2. The molecule has 27 heavy (non-hydrogen) atoms. The molecule has 0 heterocycles. The van der Waals surface area contributed by atoms with Gasteiger partial charge in [-0.05, 0) is 54.2 Å². The van der Waals surface area contributed by atoms with E-state index in [0.717, 1.165) is 16.9 Å². The predicted octanol–water partition coefficient (Wildman–Crippen LogP) is 5.46. The van der Waals surface area contributed by atoms with Gasteiger partial charge >= 0.3 is 0 Å². The third-order valence-electron chi connectivity index (χ3n) is 4.00. The SMILES string of the molecule is COc1cc(CN(C(=S)Nc2ccccc2)c2ccccc2Cl)ccc1O. The minimum Gasteiger partial charge on any atom is -0.504 e. The highest BCUT2D eigenvalue weighted by atomic mass is 35.5. The summed E-state index contributed by atoms with van der Waals surface area (Å²) < 4.78 is 5.21. The van der Waals surface area contributed by atoms with E-state index in [1.165, 1.54) is 7.11 Å². The second-order valence-corrected chi connectivity index (χ2v) is 6.63. The van der Waals surface area contributed by atoms with Crippen molar-refractivity contribution in [3.8, 4) is 11.5 Å². The van der Waals surface area contributed by atoms with Gasteiger partial charge in [-0.25, -0.2) is 0 Å². The van der Waals surface area contributed by atoms with E-state index in [1.54, 1.807) is 12.1 Å². The molecule has 2 N–H and O–H groups in total. The summed E-state index contributed by atoms with van der Waals surface area (Å²) in [4.78, 5) is 1.91. The molecule has 138 valence electrons. The number of hydrogen-bond donors (Lipinski definition) is 2. The van der Waals surface area contributed by atoms with E-state index in [-0.39, 0.29) is 5.75 Å². The molecule has 0 aliphatic heterocycles. The Balaban J connectivity index is 1.93. The van der Waals surface area contributed by atoms with E-state index in [2.05, 4.69) is 5.32 Å². The van der Waals surface area contributed by atoms with Gasteiger partial charge in [0.1, 0.15) is 0 Å². The summed E-state index contributed by atoms with van der Waals surface area (Å²) in [5.74, 6) is 0.504. The van der Waals surface area contributed by atoms with Crippen molar-refractivity contribution < 1.29 is 9.84 Å². The number of anilines is 2. The molecular weight excluding hydrogens is 380 g/mol. The number of nitrogens with one attached hydrogen (secondary N) is 1. The van der Waals surface area contributed by atoms with Crippen molar-refractivity contribution in [2.24, 2.45) is 0 Å². The van der Waals surface area contributed by atoms with Crippen LogP contribution < -0.4 is 15.0 Å². The average molecular weight is 399 g/mol. The fraction of sp³-hybridized carbons (Fsp3) is 0.0952. The number of rotatable bonds is 5. The van der Waals surface area contributed by atoms with Crippen molar-refractivity contribution in [2.45, 2.75) is 6.54 Å². The number of phenolic OH excluding ortho intramolecular Hbond substituents is 1. The minimum atomic E-state index is 0.0931. The van der Waals surface area contributed by atoms with E-state index in [0.29, 0.717) is 22.4 Å². The maximum absolute atomic E-state index is 9.84. The number of nitrogens with zero attached hydrogens (tertiary/aromatic N) is 1. The number of halogens is 1. The summed E-state index contributed by atoms with van der Waals surface area (Å²) in [6.45, 7) is 0.457. The highest BCUT2D eigenvalue weighted by molar-refractivity contribution is 7.80. The monoisotopic (exact) mass is 398 g/mol. The maximum Gasteiger partial charge on any atom is 0.178 e. The molecule has 0 saturated heterocycles. The highest BCUT2D eigenvalue weighted by Gasteiger charge is 2.17. The molecule has 0 bridgehead atoms. The first-order valence-electron chi connectivity index (χ1n) is 8.32. The van der Waals surface area contributed by atoms with Gasteiger partial charge in [-0.1, -0.05) is 48.0 Å². The molecule has 0 fully saturated rings. The van der Waals surface area contributed by atoms with Crippen molar-refractivity contribution in [3.05, 3.63) is 83.4 Å². The van der Waals surface area contributed by atoms with Gasteiger partial charge < -0.3 is 20.1 Å². The molecule has 0 saturated carbocycles. The van der Waals surface area contributed by atoms with Crippen molar-refractivity contribution >= 4 is 40.3 Å². The van der Waals surface area contributed by atoms with Crippen molar-refractivity contribution in [3.63, 3.8) is 0 Å². The molecule has 0 unspecified atom stereocenters. The zero-order valence-electron chi connectivity index (χ0n) is 14.7. The summed E-state index contributed by atoms with van der Waals surface area (Å²) in [6.07, 6.45) is 0. The molecule has 3 rings (SSSR count). The van der Waals surface area contributed by atoms with Crippen LogP contribution in [0.15, 0.2) is 72.8 Å². The van der Waals surface area contributed by atoms with E-state index < -0.39 is 0 Å². The number of phenols is 1. The lowest BCUT2D eigenvalue weighted by Crippen LogP contribution is -2.34. The summed E-state index contributed by atoms with van der Waals surface area (Å²) in [6, 6.07) is 22.5. The minimum absolute atomic E-state index is 0.0931. The molecule has 0 spiro atoms. The number of benzene rings is 3. The van der Waals surface area contributed by atoms with Crippen LogP contribution in [-0.4, -0.2) is 17.3 Å². The standard InChI is InChI=1S/C21H19ClN2O2S/c1-26-20-13-15(11-12-19(20)25)14-24(18-10-6-5-9-17(18)22)21(27)23-16-7-3-2-4-8-16/h2-13,25H,14H2,1H3,(H,23,27).